The Labute approximate surface area is 150 Å². The fourth-order valence-corrected chi connectivity index (χ4v) is 4.77. The molecule has 4 heteroatoms. The average molecular weight is 338 g/mol. The molecule has 134 valence electrons. The van der Waals surface area contributed by atoms with Crippen LogP contribution >= 0.6 is 0 Å². The van der Waals surface area contributed by atoms with Gasteiger partial charge in [0.2, 0.25) is 0 Å². The summed E-state index contributed by atoms with van der Waals surface area (Å²) in [6, 6.07) is 7.82. The molecular formula is C21H30N4. The van der Waals surface area contributed by atoms with Crippen molar-refractivity contribution in [3.05, 3.63) is 24.0 Å². The lowest BCUT2D eigenvalue weighted by atomic mass is 9.91. The fourth-order valence-electron chi connectivity index (χ4n) is 4.77. The van der Waals surface area contributed by atoms with E-state index in [1.165, 1.54) is 80.8 Å². The molecule has 0 spiro atoms. The highest BCUT2D eigenvalue weighted by Gasteiger charge is 2.27. The quantitative estimate of drug-likeness (QED) is 0.835. The summed E-state index contributed by atoms with van der Waals surface area (Å²) in [5.74, 6) is 2.17. The number of rotatable bonds is 2. The number of hydrogen-bond acceptors (Lipinski definition) is 3. The van der Waals surface area contributed by atoms with E-state index in [1.54, 1.807) is 0 Å². The summed E-state index contributed by atoms with van der Waals surface area (Å²) < 4.78 is 2.48. The Kier molecular flexibility index (Phi) is 3.96. The van der Waals surface area contributed by atoms with Crippen LogP contribution in [-0.2, 0) is 13.0 Å². The molecule has 1 aromatic carbocycles. The van der Waals surface area contributed by atoms with Crippen LogP contribution in [-0.4, -0.2) is 46.7 Å². The first-order valence-corrected chi connectivity index (χ1v) is 10.3. The number of aromatic nitrogens is 2. The number of hydrogen-bond donors (Lipinski definition) is 0. The lowest BCUT2D eigenvalue weighted by Gasteiger charge is -2.36. The average Bonchev–Trinajstić information content (AvgIpc) is 2.80. The van der Waals surface area contributed by atoms with Crippen molar-refractivity contribution in [2.45, 2.75) is 58.0 Å². The van der Waals surface area contributed by atoms with Crippen molar-refractivity contribution in [2.24, 2.45) is 5.92 Å². The zero-order valence-electron chi connectivity index (χ0n) is 15.5. The number of fused-ring (bicyclic) bond motifs is 3. The van der Waals surface area contributed by atoms with Gasteiger partial charge in [-0.15, -0.1) is 0 Å². The molecule has 1 saturated heterocycles. The van der Waals surface area contributed by atoms with Crippen LogP contribution in [0.25, 0.3) is 11.0 Å². The van der Waals surface area contributed by atoms with Gasteiger partial charge in [0.15, 0.2) is 0 Å². The minimum atomic E-state index is 0.851. The predicted molar refractivity (Wildman–Crippen MR) is 103 cm³/mol. The molecular weight excluding hydrogens is 308 g/mol. The third-order valence-corrected chi connectivity index (χ3v) is 6.78. The van der Waals surface area contributed by atoms with Gasteiger partial charge in [-0.25, -0.2) is 4.98 Å². The molecule has 2 aromatic rings. The van der Waals surface area contributed by atoms with E-state index in [-0.39, 0.29) is 0 Å². The van der Waals surface area contributed by atoms with Crippen molar-refractivity contribution in [3.63, 3.8) is 0 Å². The van der Waals surface area contributed by atoms with Crippen molar-refractivity contribution < 1.29 is 0 Å². The highest BCUT2D eigenvalue weighted by atomic mass is 15.2. The first-order valence-electron chi connectivity index (χ1n) is 10.3. The molecule has 1 aromatic heterocycles. The molecule has 0 bridgehead atoms. The largest absolute Gasteiger partial charge is 0.371 e. The topological polar surface area (TPSA) is 24.3 Å². The van der Waals surface area contributed by atoms with Gasteiger partial charge in [-0.3, -0.25) is 4.90 Å². The summed E-state index contributed by atoms with van der Waals surface area (Å²) in [4.78, 5) is 10.3. The molecule has 1 aliphatic carbocycles. The summed E-state index contributed by atoms with van der Waals surface area (Å²) in [6.07, 6.45) is 7.96. The van der Waals surface area contributed by atoms with E-state index in [2.05, 4.69) is 39.5 Å². The maximum Gasteiger partial charge on any atom is 0.111 e. The van der Waals surface area contributed by atoms with Gasteiger partial charge >= 0.3 is 0 Å². The molecule has 25 heavy (non-hydrogen) atoms. The zero-order valence-corrected chi connectivity index (χ0v) is 15.5. The van der Waals surface area contributed by atoms with Crippen molar-refractivity contribution in [2.75, 3.05) is 31.1 Å². The van der Waals surface area contributed by atoms with E-state index in [1.807, 2.05) is 0 Å². The van der Waals surface area contributed by atoms with E-state index in [4.69, 9.17) is 4.98 Å². The van der Waals surface area contributed by atoms with Gasteiger partial charge in [0.05, 0.1) is 11.0 Å². The zero-order chi connectivity index (χ0) is 16.8. The SMILES string of the molecule is CC1CCN(c2ccc3c(c2)nc2n3CCN(C3CCC3)CC2)CC1. The van der Waals surface area contributed by atoms with E-state index in [9.17, 15) is 0 Å². The van der Waals surface area contributed by atoms with Crippen LogP contribution in [0.3, 0.4) is 0 Å². The minimum absolute atomic E-state index is 0.851. The molecule has 2 aliphatic heterocycles. The highest BCUT2D eigenvalue weighted by Crippen LogP contribution is 2.29. The van der Waals surface area contributed by atoms with Gasteiger partial charge in [0, 0.05) is 50.9 Å². The molecule has 2 fully saturated rings. The Hall–Kier alpha value is -1.55. The number of anilines is 1. The normalized spacial score (nSPS) is 23.5. The Balaban J connectivity index is 1.38. The Morgan fingerprint density at radius 1 is 0.960 bits per heavy atom. The predicted octanol–water partition coefficient (Wildman–Crippen LogP) is 3.68. The number of nitrogens with zero attached hydrogens (tertiary/aromatic N) is 4. The third kappa shape index (κ3) is 2.84. The second-order valence-corrected chi connectivity index (χ2v) is 8.39. The van der Waals surface area contributed by atoms with Crippen LogP contribution in [0, 0.1) is 5.92 Å². The molecule has 4 nitrogen and oxygen atoms in total. The lowest BCUT2D eigenvalue weighted by molar-refractivity contribution is 0.130. The summed E-state index contributed by atoms with van der Waals surface area (Å²) in [5, 5.41) is 0. The second kappa shape index (κ2) is 6.31. The van der Waals surface area contributed by atoms with E-state index < -0.39 is 0 Å². The summed E-state index contributed by atoms with van der Waals surface area (Å²) in [5.41, 5.74) is 3.89. The third-order valence-electron chi connectivity index (χ3n) is 6.78. The minimum Gasteiger partial charge on any atom is -0.371 e. The molecule has 0 radical (unpaired) electrons. The summed E-state index contributed by atoms with van der Waals surface area (Å²) >= 11 is 0. The second-order valence-electron chi connectivity index (χ2n) is 8.39. The molecule has 3 aliphatic rings. The maximum atomic E-state index is 5.03. The molecule has 5 rings (SSSR count). The van der Waals surface area contributed by atoms with E-state index in [0.717, 1.165) is 24.9 Å². The van der Waals surface area contributed by atoms with E-state index in [0.29, 0.717) is 0 Å². The Morgan fingerprint density at radius 2 is 1.80 bits per heavy atom. The van der Waals surface area contributed by atoms with Crippen molar-refractivity contribution >= 4 is 16.7 Å². The smallest absolute Gasteiger partial charge is 0.111 e. The molecule has 0 atom stereocenters. The van der Waals surface area contributed by atoms with Crippen LogP contribution in [0.4, 0.5) is 5.69 Å². The van der Waals surface area contributed by atoms with Crippen LogP contribution in [0.15, 0.2) is 18.2 Å². The fraction of sp³-hybridized carbons (Fsp3) is 0.667. The number of benzene rings is 1. The van der Waals surface area contributed by atoms with Crippen LogP contribution in [0.5, 0.6) is 0 Å². The van der Waals surface area contributed by atoms with Gasteiger partial charge in [0.25, 0.3) is 0 Å². The van der Waals surface area contributed by atoms with Gasteiger partial charge < -0.3 is 9.47 Å². The number of imidazole rings is 1. The molecule has 1 saturated carbocycles. The van der Waals surface area contributed by atoms with Crippen LogP contribution in [0.2, 0.25) is 0 Å². The van der Waals surface area contributed by atoms with Crippen LogP contribution in [0.1, 0.15) is 44.9 Å². The monoisotopic (exact) mass is 338 g/mol. The Bertz CT molecular complexity index is 753. The Morgan fingerprint density at radius 3 is 2.56 bits per heavy atom. The van der Waals surface area contributed by atoms with Crippen molar-refractivity contribution in [1.82, 2.24) is 14.5 Å². The molecule has 0 unspecified atom stereocenters. The van der Waals surface area contributed by atoms with Crippen LogP contribution < -0.4 is 4.90 Å². The van der Waals surface area contributed by atoms with E-state index >= 15 is 0 Å². The molecule has 0 amide bonds. The van der Waals surface area contributed by atoms with Gasteiger partial charge in [-0.2, -0.15) is 0 Å². The highest BCUT2D eigenvalue weighted by molar-refractivity contribution is 5.80. The molecule has 0 N–H and O–H groups in total. The van der Waals surface area contributed by atoms with Gasteiger partial charge in [0.1, 0.15) is 5.82 Å². The maximum absolute atomic E-state index is 5.03. The lowest BCUT2D eigenvalue weighted by Crippen LogP contribution is -2.41. The summed E-state index contributed by atoms with van der Waals surface area (Å²) in [6.45, 7) is 8.23. The molecule has 3 heterocycles. The summed E-state index contributed by atoms with van der Waals surface area (Å²) in [7, 11) is 0. The number of piperidine rings is 1. The van der Waals surface area contributed by atoms with Gasteiger partial charge in [-0.1, -0.05) is 13.3 Å². The van der Waals surface area contributed by atoms with Gasteiger partial charge in [-0.05, 0) is 49.8 Å². The van der Waals surface area contributed by atoms with Crippen molar-refractivity contribution in [1.29, 1.82) is 0 Å². The first kappa shape index (κ1) is 15.7. The standard InChI is InChI=1S/C21H30N4/c1-16-7-10-23(11-8-16)18-5-6-20-19(15-18)22-21-9-12-24(13-14-25(20)21)17-3-2-4-17/h5-6,15-17H,2-4,7-14H2,1H3. The van der Waals surface area contributed by atoms with Crippen molar-refractivity contribution in [3.8, 4) is 0 Å². The first-order chi connectivity index (χ1) is 12.3.